The Labute approximate surface area is 121 Å². The summed E-state index contributed by atoms with van der Waals surface area (Å²) in [6, 6.07) is 10.9. The molecule has 0 aliphatic heterocycles. The van der Waals surface area contributed by atoms with Gasteiger partial charge in [-0.1, -0.05) is 34.1 Å². The number of rotatable bonds is 4. The highest BCUT2D eigenvalue weighted by Gasteiger charge is 2.05. The third-order valence-corrected chi connectivity index (χ3v) is 3.76. The number of hydrogen-bond donors (Lipinski definition) is 0. The number of benzene rings is 2. The summed E-state index contributed by atoms with van der Waals surface area (Å²) in [5.41, 5.74) is 4.41. The average molecular weight is 323 g/mol. The second-order valence-corrected chi connectivity index (χ2v) is 5.15. The molecule has 0 bridgehead atoms. The first-order chi connectivity index (χ1) is 9.10. The normalized spacial score (nSPS) is 10.5. The first-order valence-electron chi connectivity index (χ1n) is 6.13. The molecule has 0 fully saturated rings. The average Bonchev–Trinajstić information content (AvgIpc) is 2.37. The number of alkyl halides is 1. The summed E-state index contributed by atoms with van der Waals surface area (Å²) in [5, 5.41) is 0.616. The Hall–Kier alpha value is -1.35. The molecule has 0 N–H and O–H groups in total. The molecule has 100 valence electrons. The molecule has 0 aliphatic rings. The summed E-state index contributed by atoms with van der Waals surface area (Å²) in [6.45, 7) is 4.58. The summed E-state index contributed by atoms with van der Waals surface area (Å²) >= 11 is 3.32. The lowest BCUT2D eigenvalue weighted by molar-refractivity contribution is 0.303. The zero-order valence-corrected chi connectivity index (χ0v) is 12.6. The zero-order valence-electron chi connectivity index (χ0n) is 11.0. The second-order valence-electron chi connectivity index (χ2n) is 4.59. The maximum atomic E-state index is 13.4. The second kappa shape index (κ2) is 6.20. The molecule has 0 spiro atoms. The van der Waals surface area contributed by atoms with Crippen molar-refractivity contribution in [2.75, 3.05) is 0 Å². The van der Waals surface area contributed by atoms with Gasteiger partial charge in [0.1, 0.15) is 18.2 Å². The molecule has 2 rings (SSSR count). The molecule has 1 nitrogen and oxygen atoms in total. The van der Waals surface area contributed by atoms with E-state index in [-0.39, 0.29) is 5.82 Å². The minimum absolute atomic E-state index is 0.270. The minimum atomic E-state index is -0.270. The van der Waals surface area contributed by atoms with Gasteiger partial charge >= 0.3 is 0 Å². The number of aryl methyl sites for hydroxylation is 2. The summed E-state index contributed by atoms with van der Waals surface area (Å²) in [5.74, 6) is 0.297. The molecule has 0 saturated carbocycles. The van der Waals surface area contributed by atoms with E-state index in [1.54, 1.807) is 0 Å². The molecule has 0 atom stereocenters. The molecular formula is C16H16BrFO. The molecule has 0 heterocycles. The predicted molar refractivity (Wildman–Crippen MR) is 79.3 cm³/mol. The van der Waals surface area contributed by atoms with Crippen LogP contribution in [0, 0.1) is 19.7 Å². The molecule has 2 aromatic rings. The van der Waals surface area contributed by atoms with Crippen molar-refractivity contribution in [1.29, 1.82) is 0 Å². The molecule has 3 heteroatoms. The van der Waals surface area contributed by atoms with Crippen LogP contribution in [0.4, 0.5) is 4.39 Å². The van der Waals surface area contributed by atoms with Crippen LogP contribution >= 0.6 is 15.9 Å². The predicted octanol–water partition coefficient (Wildman–Crippen LogP) is 4.92. The van der Waals surface area contributed by atoms with Crippen LogP contribution in [-0.4, -0.2) is 0 Å². The summed E-state index contributed by atoms with van der Waals surface area (Å²) in [6.07, 6.45) is 0. The van der Waals surface area contributed by atoms with Gasteiger partial charge in [-0.05, 0) is 48.2 Å². The number of halogens is 2. The first-order valence-corrected chi connectivity index (χ1v) is 7.25. The van der Waals surface area contributed by atoms with Gasteiger partial charge < -0.3 is 4.74 Å². The van der Waals surface area contributed by atoms with E-state index < -0.39 is 0 Å². The van der Waals surface area contributed by atoms with E-state index in [2.05, 4.69) is 41.9 Å². The van der Waals surface area contributed by atoms with Gasteiger partial charge in [0, 0.05) is 11.4 Å². The Bertz CT molecular complexity index is 561. The third kappa shape index (κ3) is 3.57. The quantitative estimate of drug-likeness (QED) is 0.726. The van der Waals surface area contributed by atoms with Crippen molar-refractivity contribution in [3.63, 3.8) is 0 Å². The molecule has 0 aromatic heterocycles. The van der Waals surface area contributed by atoms with Gasteiger partial charge in [-0.3, -0.25) is 0 Å². The highest BCUT2D eigenvalue weighted by molar-refractivity contribution is 9.08. The molecule has 0 aliphatic carbocycles. The Morgan fingerprint density at radius 1 is 1.11 bits per heavy atom. The fourth-order valence-electron chi connectivity index (χ4n) is 2.01. The molecule has 0 saturated heterocycles. The third-order valence-electron chi connectivity index (χ3n) is 3.11. The summed E-state index contributed by atoms with van der Waals surface area (Å²) in [4.78, 5) is 0. The lowest BCUT2D eigenvalue weighted by Gasteiger charge is -2.12. The van der Waals surface area contributed by atoms with E-state index >= 15 is 0 Å². The van der Waals surface area contributed by atoms with Crippen LogP contribution in [0.3, 0.4) is 0 Å². The first kappa shape index (κ1) is 14.1. The SMILES string of the molecule is Cc1cccc(C)c1COc1cc(F)cc(CBr)c1. The van der Waals surface area contributed by atoms with Crippen LogP contribution in [0.15, 0.2) is 36.4 Å². The fourth-order valence-corrected chi connectivity index (χ4v) is 2.34. The molecular weight excluding hydrogens is 307 g/mol. The van der Waals surface area contributed by atoms with Crippen molar-refractivity contribution in [3.05, 3.63) is 64.5 Å². The highest BCUT2D eigenvalue weighted by Crippen LogP contribution is 2.21. The lowest BCUT2D eigenvalue weighted by atomic mass is 10.0. The standard InChI is InChI=1S/C16H16BrFO/c1-11-4-3-5-12(2)16(11)10-19-15-7-13(9-17)6-14(18)8-15/h3-8H,9-10H2,1-2H3. The van der Waals surface area contributed by atoms with E-state index in [4.69, 9.17) is 4.74 Å². The van der Waals surface area contributed by atoms with Crippen LogP contribution in [0.25, 0.3) is 0 Å². The molecule has 0 amide bonds. The van der Waals surface area contributed by atoms with Gasteiger partial charge in [0.15, 0.2) is 0 Å². The largest absolute Gasteiger partial charge is 0.489 e. The van der Waals surface area contributed by atoms with Crippen molar-refractivity contribution in [2.24, 2.45) is 0 Å². The fraction of sp³-hybridized carbons (Fsp3) is 0.250. The van der Waals surface area contributed by atoms with Crippen molar-refractivity contribution in [2.45, 2.75) is 25.8 Å². The minimum Gasteiger partial charge on any atom is -0.489 e. The van der Waals surface area contributed by atoms with Crippen molar-refractivity contribution >= 4 is 15.9 Å². The van der Waals surface area contributed by atoms with Crippen molar-refractivity contribution in [1.82, 2.24) is 0 Å². The van der Waals surface area contributed by atoms with E-state index in [0.29, 0.717) is 17.7 Å². The smallest absolute Gasteiger partial charge is 0.127 e. The van der Waals surface area contributed by atoms with Gasteiger partial charge in [0.25, 0.3) is 0 Å². The molecule has 19 heavy (non-hydrogen) atoms. The molecule has 2 aromatic carbocycles. The van der Waals surface area contributed by atoms with Gasteiger partial charge in [-0.2, -0.15) is 0 Å². The van der Waals surface area contributed by atoms with E-state index in [1.807, 2.05) is 12.1 Å². The van der Waals surface area contributed by atoms with Crippen molar-refractivity contribution in [3.8, 4) is 5.75 Å². The van der Waals surface area contributed by atoms with Gasteiger partial charge in [-0.25, -0.2) is 4.39 Å². The Kier molecular flexibility index (Phi) is 4.59. The highest BCUT2D eigenvalue weighted by atomic mass is 79.9. The van der Waals surface area contributed by atoms with E-state index in [9.17, 15) is 4.39 Å². The Morgan fingerprint density at radius 3 is 2.42 bits per heavy atom. The van der Waals surface area contributed by atoms with Gasteiger partial charge in [0.2, 0.25) is 0 Å². The van der Waals surface area contributed by atoms with Crippen LogP contribution in [0.2, 0.25) is 0 Å². The lowest BCUT2D eigenvalue weighted by Crippen LogP contribution is -2.01. The summed E-state index contributed by atoms with van der Waals surface area (Å²) < 4.78 is 19.1. The van der Waals surface area contributed by atoms with Crippen LogP contribution < -0.4 is 4.74 Å². The number of ether oxygens (including phenoxy) is 1. The maximum Gasteiger partial charge on any atom is 0.127 e. The van der Waals surface area contributed by atoms with E-state index in [0.717, 1.165) is 11.1 Å². The number of hydrogen-bond acceptors (Lipinski definition) is 1. The van der Waals surface area contributed by atoms with Crippen LogP contribution in [0.1, 0.15) is 22.3 Å². The monoisotopic (exact) mass is 322 g/mol. The topological polar surface area (TPSA) is 9.23 Å². The Balaban J connectivity index is 2.16. The van der Waals surface area contributed by atoms with Crippen LogP contribution in [-0.2, 0) is 11.9 Å². The molecule has 0 radical (unpaired) electrons. The van der Waals surface area contributed by atoms with Gasteiger partial charge in [-0.15, -0.1) is 0 Å². The molecule has 0 unspecified atom stereocenters. The van der Waals surface area contributed by atoms with Crippen LogP contribution in [0.5, 0.6) is 5.75 Å². The maximum absolute atomic E-state index is 13.4. The van der Waals surface area contributed by atoms with Crippen molar-refractivity contribution < 1.29 is 9.13 Å². The van der Waals surface area contributed by atoms with Gasteiger partial charge in [0.05, 0.1) is 0 Å². The Morgan fingerprint density at radius 2 is 1.79 bits per heavy atom. The zero-order chi connectivity index (χ0) is 13.8. The van der Waals surface area contributed by atoms with E-state index in [1.165, 1.54) is 23.3 Å². The summed E-state index contributed by atoms with van der Waals surface area (Å²) in [7, 11) is 0.